The van der Waals surface area contributed by atoms with E-state index in [4.69, 9.17) is 17.3 Å². The smallest absolute Gasteiger partial charge is 0.128 e. The Morgan fingerprint density at radius 2 is 2.00 bits per heavy atom. The summed E-state index contributed by atoms with van der Waals surface area (Å²) in [5.41, 5.74) is 6.30. The molecule has 0 spiro atoms. The van der Waals surface area contributed by atoms with Crippen molar-refractivity contribution in [3.8, 4) is 0 Å². The SMILES string of the molecule is CC(C)[C@@H](N)c1cc(Cl)ccc1F. The zero-order valence-corrected chi connectivity index (χ0v) is 8.48. The van der Waals surface area contributed by atoms with Gasteiger partial charge in [-0.25, -0.2) is 4.39 Å². The number of benzene rings is 1. The highest BCUT2D eigenvalue weighted by Gasteiger charge is 2.14. The molecule has 72 valence electrons. The van der Waals surface area contributed by atoms with Crippen LogP contribution in [0.2, 0.25) is 5.02 Å². The molecular formula is C10H13ClFN. The van der Waals surface area contributed by atoms with Crippen molar-refractivity contribution in [1.82, 2.24) is 0 Å². The molecule has 0 heterocycles. The van der Waals surface area contributed by atoms with Crippen LogP contribution in [-0.2, 0) is 0 Å². The summed E-state index contributed by atoms with van der Waals surface area (Å²) in [6, 6.07) is 4.16. The summed E-state index contributed by atoms with van der Waals surface area (Å²) >= 11 is 5.74. The third kappa shape index (κ3) is 2.42. The Kier molecular flexibility index (Phi) is 3.28. The van der Waals surface area contributed by atoms with Gasteiger partial charge in [-0.05, 0) is 24.1 Å². The second kappa shape index (κ2) is 4.07. The Balaban J connectivity index is 3.05. The summed E-state index contributed by atoms with van der Waals surface area (Å²) in [7, 11) is 0. The zero-order chi connectivity index (χ0) is 10.0. The molecule has 0 amide bonds. The van der Waals surface area contributed by atoms with Crippen LogP contribution < -0.4 is 5.73 Å². The standard InChI is InChI=1S/C10H13ClFN/c1-6(2)10(13)8-5-7(11)3-4-9(8)12/h3-6,10H,13H2,1-2H3/t10-/m1/s1. The van der Waals surface area contributed by atoms with E-state index in [9.17, 15) is 4.39 Å². The van der Waals surface area contributed by atoms with Crippen molar-refractivity contribution in [1.29, 1.82) is 0 Å². The minimum absolute atomic E-state index is 0.202. The monoisotopic (exact) mass is 201 g/mol. The molecule has 1 aromatic carbocycles. The van der Waals surface area contributed by atoms with E-state index in [2.05, 4.69) is 0 Å². The average molecular weight is 202 g/mol. The first-order valence-electron chi connectivity index (χ1n) is 4.23. The van der Waals surface area contributed by atoms with Crippen LogP contribution in [-0.4, -0.2) is 0 Å². The Morgan fingerprint density at radius 1 is 1.38 bits per heavy atom. The average Bonchev–Trinajstić information content (AvgIpc) is 2.08. The van der Waals surface area contributed by atoms with Crippen molar-refractivity contribution in [3.63, 3.8) is 0 Å². The first-order valence-corrected chi connectivity index (χ1v) is 4.60. The molecular weight excluding hydrogens is 189 g/mol. The minimum atomic E-state index is -0.293. The lowest BCUT2D eigenvalue weighted by atomic mass is 9.97. The van der Waals surface area contributed by atoms with Crippen LogP contribution in [0, 0.1) is 11.7 Å². The lowest BCUT2D eigenvalue weighted by Gasteiger charge is -2.16. The molecule has 0 saturated heterocycles. The fraction of sp³-hybridized carbons (Fsp3) is 0.400. The van der Waals surface area contributed by atoms with E-state index in [1.165, 1.54) is 12.1 Å². The highest BCUT2D eigenvalue weighted by atomic mass is 35.5. The second-order valence-electron chi connectivity index (χ2n) is 3.44. The van der Waals surface area contributed by atoms with Crippen molar-refractivity contribution in [2.45, 2.75) is 19.9 Å². The van der Waals surface area contributed by atoms with Gasteiger partial charge in [0.2, 0.25) is 0 Å². The number of rotatable bonds is 2. The van der Waals surface area contributed by atoms with E-state index in [1.807, 2.05) is 13.8 Å². The maximum Gasteiger partial charge on any atom is 0.128 e. The van der Waals surface area contributed by atoms with Crippen LogP contribution >= 0.6 is 11.6 Å². The van der Waals surface area contributed by atoms with Gasteiger partial charge in [0.15, 0.2) is 0 Å². The van der Waals surface area contributed by atoms with Crippen LogP contribution in [0.3, 0.4) is 0 Å². The summed E-state index contributed by atoms with van der Waals surface area (Å²) in [4.78, 5) is 0. The largest absolute Gasteiger partial charge is 0.324 e. The topological polar surface area (TPSA) is 26.0 Å². The van der Waals surface area contributed by atoms with Crippen LogP contribution in [0.15, 0.2) is 18.2 Å². The summed E-state index contributed by atoms with van der Waals surface area (Å²) in [5, 5.41) is 0.521. The molecule has 2 N–H and O–H groups in total. The maximum absolute atomic E-state index is 13.2. The number of halogens is 2. The van der Waals surface area contributed by atoms with Crippen molar-refractivity contribution in [2.24, 2.45) is 11.7 Å². The molecule has 0 unspecified atom stereocenters. The molecule has 1 nitrogen and oxygen atoms in total. The van der Waals surface area contributed by atoms with Gasteiger partial charge in [-0.1, -0.05) is 25.4 Å². The Bertz CT molecular complexity index is 299. The van der Waals surface area contributed by atoms with E-state index < -0.39 is 0 Å². The number of hydrogen-bond donors (Lipinski definition) is 1. The molecule has 3 heteroatoms. The second-order valence-corrected chi connectivity index (χ2v) is 3.87. The molecule has 0 radical (unpaired) electrons. The Hall–Kier alpha value is -0.600. The highest BCUT2D eigenvalue weighted by molar-refractivity contribution is 6.30. The van der Waals surface area contributed by atoms with Gasteiger partial charge in [0.05, 0.1) is 0 Å². The van der Waals surface area contributed by atoms with E-state index in [-0.39, 0.29) is 17.8 Å². The van der Waals surface area contributed by atoms with Gasteiger partial charge < -0.3 is 5.73 Å². The van der Waals surface area contributed by atoms with Gasteiger partial charge in [0, 0.05) is 16.6 Å². The normalized spacial score (nSPS) is 13.4. The summed E-state index contributed by atoms with van der Waals surface area (Å²) in [5.74, 6) is -0.0847. The summed E-state index contributed by atoms with van der Waals surface area (Å²) in [6.07, 6.45) is 0. The van der Waals surface area contributed by atoms with Crippen LogP contribution in [0.5, 0.6) is 0 Å². The van der Waals surface area contributed by atoms with E-state index >= 15 is 0 Å². The quantitative estimate of drug-likeness (QED) is 0.782. The molecule has 0 aliphatic rings. The third-order valence-corrected chi connectivity index (χ3v) is 2.27. The molecule has 0 aromatic heterocycles. The molecule has 0 aliphatic carbocycles. The lowest BCUT2D eigenvalue weighted by Crippen LogP contribution is -2.18. The highest BCUT2D eigenvalue weighted by Crippen LogP contribution is 2.24. The molecule has 13 heavy (non-hydrogen) atoms. The van der Waals surface area contributed by atoms with Gasteiger partial charge in [-0.2, -0.15) is 0 Å². The van der Waals surface area contributed by atoms with Crippen LogP contribution in [0.4, 0.5) is 4.39 Å². The van der Waals surface area contributed by atoms with Crippen molar-refractivity contribution < 1.29 is 4.39 Å². The molecule has 0 aliphatic heterocycles. The summed E-state index contributed by atoms with van der Waals surface area (Å²) in [6.45, 7) is 3.90. The first kappa shape index (κ1) is 10.5. The number of hydrogen-bond acceptors (Lipinski definition) is 1. The fourth-order valence-electron chi connectivity index (χ4n) is 1.13. The molecule has 1 aromatic rings. The zero-order valence-electron chi connectivity index (χ0n) is 7.72. The van der Waals surface area contributed by atoms with Gasteiger partial charge in [-0.15, -0.1) is 0 Å². The predicted octanol–water partition coefficient (Wildman–Crippen LogP) is 3.13. The summed E-state index contributed by atoms with van der Waals surface area (Å²) < 4.78 is 13.2. The van der Waals surface area contributed by atoms with Gasteiger partial charge in [0.25, 0.3) is 0 Å². The molecule has 0 saturated carbocycles. The molecule has 1 rings (SSSR count). The third-order valence-electron chi connectivity index (χ3n) is 2.04. The molecule has 1 atom stereocenters. The van der Waals surface area contributed by atoms with Crippen molar-refractivity contribution in [2.75, 3.05) is 0 Å². The predicted molar refractivity (Wildman–Crippen MR) is 53.2 cm³/mol. The Morgan fingerprint density at radius 3 is 2.54 bits per heavy atom. The molecule has 0 fully saturated rings. The molecule has 0 bridgehead atoms. The maximum atomic E-state index is 13.2. The van der Waals surface area contributed by atoms with Crippen LogP contribution in [0.25, 0.3) is 0 Å². The number of nitrogens with two attached hydrogens (primary N) is 1. The van der Waals surface area contributed by atoms with Crippen molar-refractivity contribution >= 4 is 11.6 Å². The van der Waals surface area contributed by atoms with Crippen molar-refractivity contribution in [3.05, 3.63) is 34.6 Å². The minimum Gasteiger partial charge on any atom is -0.324 e. The van der Waals surface area contributed by atoms with Gasteiger partial charge in [0.1, 0.15) is 5.82 Å². The van der Waals surface area contributed by atoms with Gasteiger partial charge >= 0.3 is 0 Å². The first-order chi connectivity index (χ1) is 6.02. The fourth-order valence-corrected chi connectivity index (χ4v) is 1.31. The Labute approximate surface area is 82.7 Å². The van der Waals surface area contributed by atoms with Gasteiger partial charge in [-0.3, -0.25) is 0 Å². The van der Waals surface area contributed by atoms with E-state index in [0.717, 1.165) is 0 Å². The van der Waals surface area contributed by atoms with E-state index in [1.54, 1.807) is 6.07 Å². The lowest BCUT2D eigenvalue weighted by molar-refractivity contribution is 0.485. The van der Waals surface area contributed by atoms with Crippen LogP contribution in [0.1, 0.15) is 25.5 Å². The van der Waals surface area contributed by atoms with E-state index in [0.29, 0.717) is 10.6 Å².